The summed E-state index contributed by atoms with van der Waals surface area (Å²) >= 11 is 0. The molecule has 1 atom stereocenters. The Bertz CT molecular complexity index is 456. The van der Waals surface area contributed by atoms with Gasteiger partial charge in [0.25, 0.3) is 0 Å². The molecule has 0 spiro atoms. The molecule has 0 aliphatic heterocycles. The summed E-state index contributed by atoms with van der Waals surface area (Å²) in [4.78, 5) is 15.4. The average molecular weight is 271 g/mol. The van der Waals surface area contributed by atoms with Gasteiger partial charge in [-0.15, -0.1) is 0 Å². The molecule has 0 bridgehead atoms. The summed E-state index contributed by atoms with van der Waals surface area (Å²) in [5.74, 6) is -2.54. The van der Waals surface area contributed by atoms with Gasteiger partial charge < -0.3 is 14.7 Å². The fourth-order valence-corrected chi connectivity index (χ4v) is 1.79. The summed E-state index contributed by atoms with van der Waals surface area (Å²) in [5, 5.41) is 19.5. The minimum atomic E-state index is -1.06. The van der Waals surface area contributed by atoms with Crippen molar-refractivity contribution in [2.24, 2.45) is 0 Å². The Kier molecular flexibility index (Phi) is 4.85. The smallest absolute Gasteiger partial charge is 0.341 e. The second-order valence-electron chi connectivity index (χ2n) is 4.90. The molecule has 1 N–H and O–H groups in total. The molecule has 0 fully saturated rings. The second kappa shape index (κ2) is 5.99. The van der Waals surface area contributed by atoms with Crippen LogP contribution in [-0.4, -0.2) is 22.8 Å². The number of aliphatic hydroxyl groups is 1. The number of esters is 1. The molecule has 5 nitrogen and oxygen atoms in total. The standard InChI is InChI=1S/C13H16FO5/c1-8(15)7-13(2,3)18-12(16)9-5-4-6-10(19-17)11(9)14/h4-6,8,15H,7H2,1-3H3. The second-order valence-corrected chi connectivity index (χ2v) is 4.90. The lowest BCUT2D eigenvalue weighted by molar-refractivity contribution is -0.210. The van der Waals surface area contributed by atoms with E-state index in [1.54, 1.807) is 20.8 Å². The number of benzene rings is 1. The van der Waals surface area contributed by atoms with Gasteiger partial charge in [0.15, 0.2) is 5.82 Å². The first-order chi connectivity index (χ1) is 8.76. The van der Waals surface area contributed by atoms with Crippen LogP contribution in [0.3, 0.4) is 0 Å². The molecule has 19 heavy (non-hydrogen) atoms. The maximum absolute atomic E-state index is 13.7. The van der Waals surface area contributed by atoms with Gasteiger partial charge in [0, 0.05) is 11.7 Å². The van der Waals surface area contributed by atoms with Gasteiger partial charge in [-0.3, -0.25) is 0 Å². The van der Waals surface area contributed by atoms with E-state index in [-0.39, 0.29) is 12.0 Å². The van der Waals surface area contributed by atoms with Gasteiger partial charge in [-0.25, -0.2) is 9.18 Å². The van der Waals surface area contributed by atoms with Crippen LogP contribution in [0.1, 0.15) is 37.6 Å². The number of ether oxygens (including phenoxy) is 1. The van der Waals surface area contributed by atoms with Crippen molar-refractivity contribution in [2.75, 3.05) is 0 Å². The Morgan fingerprint density at radius 2 is 2.11 bits per heavy atom. The first-order valence-corrected chi connectivity index (χ1v) is 5.76. The highest BCUT2D eigenvalue weighted by Crippen LogP contribution is 2.24. The van der Waals surface area contributed by atoms with E-state index in [0.717, 1.165) is 6.07 Å². The van der Waals surface area contributed by atoms with E-state index in [9.17, 15) is 19.5 Å². The van der Waals surface area contributed by atoms with Crippen molar-refractivity contribution in [1.82, 2.24) is 0 Å². The monoisotopic (exact) mass is 271 g/mol. The molecule has 0 saturated carbocycles. The zero-order valence-electron chi connectivity index (χ0n) is 11.0. The zero-order valence-corrected chi connectivity index (χ0v) is 11.0. The Labute approximate surface area is 110 Å². The maximum atomic E-state index is 13.7. The number of halogens is 1. The zero-order chi connectivity index (χ0) is 14.6. The number of rotatable bonds is 5. The van der Waals surface area contributed by atoms with E-state index in [0.29, 0.717) is 0 Å². The molecule has 105 valence electrons. The van der Waals surface area contributed by atoms with E-state index < -0.39 is 29.2 Å². The van der Waals surface area contributed by atoms with Crippen molar-refractivity contribution in [2.45, 2.75) is 38.9 Å². The topological polar surface area (TPSA) is 75.7 Å². The third kappa shape index (κ3) is 4.18. The number of hydrogen-bond donors (Lipinski definition) is 1. The van der Waals surface area contributed by atoms with Gasteiger partial charge in [-0.1, -0.05) is 6.07 Å². The minimum absolute atomic E-state index is 0.206. The molecule has 0 saturated heterocycles. The predicted octanol–water partition coefficient (Wildman–Crippen LogP) is 2.26. The SMILES string of the molecule is CC(O)CC(C)(C)OC(=O)c1cccc(O[O])c1F. The van der Waals surface area contributed by atoms with E-state index >= 15 is 0 Å². The van der Waals surface area contributed by atoms with E-state index in [4.69, 9.17) is 4.74 Å². The van der Waals surface area contributed by atoms with Crippen LogP contribution >= 0.6 is 0 Å². The highest BCUT2D eigenvalue weighted by Gasteiger charge is 2.27. The molecular formula is C13H16FO5. The highest BCUT2D eigenvalue weighted by molar-refractivity contribution is 5.90. The van der Waals surface area contributed by atoms with Crippen LogP contribution in [-0.2, 0) is 9.99 Å². The van der Waals surface area contributed by atoms with Crippen molar-refractivity contribution in [3.05, 3.63) is 29.6 Å². The molecule has 1 unspecified atom stereocenters. The lowest BCUT2D eigenvalue weighted by Gasteiger charge is -2.26. The molecule has 0 aliphatic rings. The Hall–Kier alpha value is -1.66. The maximum Gasteiger partial charge on any atom is 0.341 e. The van der Waals surface area contributed by atoms with Crippen LogP contribution in [0.2, 0.25) is 0 Å². The fourth-order valence-electron chi connectivity index (χ4n) is 1.79. The Balaban J connectivity index is 2.90. The summed E-state index contributed by atoms with van der Waals surface area (Å²) < 4.78 is 18.8. The molecule has 1 aromatic carbocycles. The lowest BCUT2D eigenvalue weighted by Crippen LogP contribution is -2.32. The van der Waals surface area contributed by atoms with Crippen LogP contribution in [0.15, 0.2) is 18.2 Å². The van der Waals surface area contributed by atoms with Crippen molar-refractivity contribution >= 4 is 5.97 Å². The van der Waals surface area contributed by atoms with E-state index in [1.807, 2.05) is 0 Å². The van der Waals surface area contributed by atoms with Gasteiger partial charge in [0.05, 0.1) is 11.7 Å². The number of carbonyl (C=O) groups excluding carboxylic acids is 1. The van der Waals surface area contributed by atoms with Crippen molar-refractivity contribution in [3.8, 4) is 5.75 Å². The molecule has 0 aliphatic carbocycles. The number of hydrogen-bond acceptors (Lipinski definition) is 4. The molecule has 0 heterocycles. The quantitative estimate of drug-likeness (QED) is 0.506. The molecule has 1 radical (unpaired) electrons. The molecule has 0 aromatic heterocycles. The van der Waals surface area contributed by atoms with Crippen molar-refractivity contribution in [1.29, 1.82) is 0 Å². The molecule has 1 aromatic rings. The predicted molar refractivity (Wildman–Crippen MR) is 63.5 cm³/mol. The number of carbonyl (C=O) groups is 1. The molecule has 0 amide bonds. The third-order valence-electron chi connectivity index (χ3n) is 2.43. The molecule has 6 heteroatoms. The van der Waals surface area contributed by atoms with Gasteiger partial charge in [0.1, 0.15) is 5.60 Å². The molecular weight excluding hydrogens is 255 g/mol. The van der Waals surface area contributed by atoms with Gasteiger partial charge >= 0.3 is 5.97 Å². The Morgan fingerprint density at radius 1 is 1.47 bits per heavy atom. The minimum Gasteiger partial charge on any atom is -0.456 e. The van der Waals surface area contributed by atoms with Crippen LogP contribution in [0.5, 0.6) is 5.75 Å². The van der Waals surface area contributed by atoms with Crippen LogP contribution < -0.4 is 4.89 Å². The first kappa shape index (κ1) is 15.4. The van der Waals surface area contributed by atoms with Crippen LogP contribution in [0.4, 0.5) is 4.39 Å². The summed E-state index contributed by atoms with van der Waals surface area (Å²) in [5.41, 5.74) is -1.33. The number of aliphatic hydroxyl groups excluding tert-OH is 1. The lowest BCUT2D eigenvalue weighted by atomic mass is 10.0. The summed E-state index contributed by atoms with van der Waals surface area (Å²) in [6.07, 6.45) is -0.457. The first-order valence-electron chi connectivity index (χ1n) is 5.76. The van der Waals surface area contributed by atoms with Gasteiger partial charge in [0.2, 0.25) is 5.75 Å². The van der Waals surface area contributed by atoms with Gasteiger partial charge in [-0.05, 0) is 32.9 Å². The van der Waals surface area contributed by atoms with E-state index in [2.05, 4.69) is 4.89 Å². The molecule has 1 rings (SSSR count). The summed E-state index contributed by atoms with van der Waals surface area (Å²) in [6.45, 7) is 4.76. The largest absolute Gasteiger partial charge is 0.456 e. The Morgan fingerprint density at radius 3 is 2.63 bits per heavy atom. The van der Waals surface area contributed by atoms with Crippen LogP contribution in [0.25, 0.3) is 0 Å². The summed E-state index contributed by atoms with van der Waals surface area (Å²) in [7, 11) is 0. The highest BCUT2D eigenvalue weighted by atomic mass is 19.1. The van der Waals surface area contributed by atoms with E-state index in [1.165, 1.54) is 12.1 Å². The van der Waals surface area contributed by atoms with Crippen molar-refractivity contribution < 1.29 is 29.2 Å². The third-order valence-corrected chi connectivity index (χ3v) is 2.43. The average Bonchev–Trinajstić information content (AvgIpc) is 2.26. The van der Waals surface area contributed by atoms with Crippen molar-refractivity contribution in [3.63, 3.8) is 0 Å². The summed E-state index contributed by atoms with van der Waals surface area (Å²) in [6, 6.07) is 3.62. The normalized spacial score (nSPS) is 12.9. The fraction of sp³-hybridized carbons (Fsp3) is 0.462. The van der Waals surface area contributed by atoms with Gasteiger partial charge in [-0.2, -0.15) is 0 Å². The van der Waals surface area contributed by atoms with Crippen LogP contribution in [0, 0.1) is 5.82 Å².